The predicted octanol–water partition coefficient (Wildman–Crippen LogP) is 0.0156. The maximum atomic E-state index is 11.5. The van der Waals surface area contributed by atoms with E-state index in [1.807, 2.05) is 6.07 Å². The van der Waals surface area contributed by atoms with Crippen molar-refractivity contribution in [3.05, 3.63) is 30.3 Å². The molecule has 0 heterocycles. The van der Waals surface area contributed by atoms with Crippen LogP contribution in [-0.2, 0) is 9.59 Å². The van der Waals surface area contributed by atoms with Gasteiger partial charge < -0.3 is 20.3 Å². The van der Waals surface area contributed by atoms with Crippen LogP contribution in [0, 0.1) is 0 Å². The first kappa shape index (κ1) is 14.0. The largest absolute Gasteiger partial charge is 0.481 e. The topological polar surface area (TPSA) is 95.9 Å². The maximum Gasteiger partial charge on any atom is 0.334 e. The lowest BCUT2D eigenvalue weighted by molar-refractivity contribution is -0.146. The van der Waals surface area contributed by atoms with E-state index in [9.17, 15) is 9.59 Å². The maximum absolute atomic E-state index is 11.5. The number of hydrogen-bond acceptors (Lipinski definition) is 4. The van der Waals surface area contributed by atoms with Crippen LogP contribution in [0.15, 0.2) is 30.3 Å². The molecule has 6 nitrogen and oxygen atoms in total. The Morgan fingerprint density at radius 1 is 1.33 bits per heavy atom. The number of carbonyl (C=O) groups is 2. The van der Waals surface area contributed by atoms with Crippen LogP contribution >= 0.6 is 0 Å². The molecule has 0 aromatic heterocycles. The van der Waals surface area contributed by atoms with Crippen molar-refractivity contribution in [3.63, 3.8) is 0 Å². The third-order valence-electron chi connectivity index (χ3n) is 2.18. The molecule has 6 heteroatoms. The summed E-state index contributed by atoms with van der Waals surface area (Å²) in [6.45, 7) is 1.19. The number of hydrogen-bond donors (Lipinski definition) is 3. The highest BCUT2D eigenvalue weighted by molar-refractivity contribution is 5.81. The van der Waals surface area contributed by atoms with E-state index in [0.29, 0.717) is 5.75 Å². The van der Waals surface area contributed by atoms with E-state index in [4.69, 9.17) is 14.9 Å². The lowest BCUT2D eigenvalue weighted by Gasteiger charge is -2.15. The van der Waals surface area contributed by atoms with Crippen molar-refractivity contribution in [2.24, 2.45) is 0 Å². The predicted molar refractivity (Wildman–Crippen MR) is 63.2 cm³/mol. The van der Waals surface area contributed by atoms with Crippen molar-refractivity contribution in [2.75, 3.05) is 6.54 Å². The number of carbonyl (C=O) groups excluding carboxylic acids is 1. The molecule has 0 aliphatic carbocycles. The van der Waals surface area contributed by atoms with E-state index in [0.717, 1.165) is 0 Å². The van der Waals surface area contributed by atoms with E-state index in [1.54, 1.807) is 24.3 Å². The van der Waals surface area contributed by atoms with Gasteiger partial charge in [0.25, 0.3) is 5.91 Å². The number of benzene rings is 1. The molecule has 1 amide bonds. The molecule has 1 rings (SSSR count). The first-order valence-corrected chi connectivity index (χ1v) is 5.41. The van der Waals surface area contributed by atoms with Crippen molar-refractivity contribution in [1.82, 2.24) is 5.32 Å². The van der Waals surface area contributed by atoms with Gasteiger partial charge in [0.15, 0.2) is 12.2 Å². The van der Waals surface area contributed by atoms with Gasteiger partial charge in [-0.1, -0.05) is 18.2 Å². The Labute approximate surface area is 104 Å². The Hall–Kier alpha value is -2.08. The summed E-state index contributed by atoms with van der Waals surface area (Å²) in [4.78, 5) is 21.9. The molecule has 1 unspecified atom stereocenters. The quantitative estimate of drug-likeness (QED) is 0.664. The fourth-order valence-corrected chi connectivity index (χ4v) is 1.19. The smallest absolute Gasteiger partial charge is 0.334 e. The van der Waals surface area contributed by atoms with Crippen LogP contribution in [0.4, 0.5) is 0 Å². The van der Waals surface area contributed by atoms with Gasteiger partial charge in [0.2, 0.25) is 0 Å². The zero-order valence-electron chi connectivity index (χ0n) is 9.87. The third-order valence-corrected chi connectivity index (χ3v) is 2.18. The van der Waals surface area contributed by atoms with Crippen molar-refractivity contribution in [3.8, 4) is 5.75 Å². The molecule has 1 aromatic rings. The summed E-state index contributed by atoms with van der Waals surface area (Å²) in [5, 5.41) is 19.7. The minimum Gasteiger partial charge on any atom is -0.481 e. The average Bonchev–Trinajstić information content (AvgIpc) is 2.36. The number of aliphatic hydroxyl groups excluding tert-OH is 1. The van der Waals surface area contributed by atoms with Gasteiger partial charge in [0.1, 0.15) is 5.75 Å². The minimum absolute atomic E-state index is 0.351. The molecular formula is C12H15NO5. The molecule has 18 heavy (non-hydrogen) atoms. The summed E-state index contributed by atoms with van der Waals surface area (Å²) in [5.74, 6) is -1.33. The SMILES string of the molecule is CC(Oc1ccccc1)C(=O)NC[C@H](O)C(=O)O. The number of carboxylic acid groups (broad SMARTS) is 1. The van der Waals surface area contributed by atoms with Crippen LogP contribution in [0.25, 0.3) is 0 Å². The lowest BCUT2D eigenvalue weighted by Crippen LogP contribution is -2.42. The van der Waals surface area contributed by atoms with Gasteiger partial charge in [-0.3, -0.25) is 4.79 Å². The summed E-state index contributed by atoms with van der Waals surface area (Å²) in [5.41, 5.74) is 0. The molecule has 0 aliphatic heterocycles. The van der Waals surface area contributed by atoms with Crippen molar-refractivity contribution >= 4 is 11.9 Å². The van der Waals surface area contributed by atoms with Crippen LogP contribution in [0.5, 0.6) is 5.75 Å². The van der Waals surface area contributed by atoms with Gasteiger partial charge >= 0.3 is 5.97 Å². The molecule has 2 atom stereocenters. The summed E-state index contributed by atoms with van der Waals surface area (Å²) in [7, 11) is 0. The second-order valence-corrected chi connectivity index (χ2v) is 3.67. The Balaban J connectivity index is 2.40. The number of aliphatic hydroxyl groups is 1. The first-order chi connectivity index (χ1) is 8.50. The highest BCUT2D eigenvalue weighted by atomic mass is 16.5. The van der Waals surface area contributed by atoms with Crippen LogP contribution in [-0.4, -0.2) is 40.8 Å². The lowest BCUT2D eigenvalue weighted by atomic mass is 10.3. The molecule has 0 saturated heterocycles. The average molecular weight is 253 g/mol. The van der Waals surface area contributed by atoms with Crippen LogP contribution in [0.1, 0.15) is 6.92 Å². The Morgan fingerprint density at radius 2 is 1.94 bits per heavy atom. The number of rotatable bonds is 6. The van der Waals surface area contributed by atoms with E-state index in [2.05, 4.69) is 5.32 Å². The molecule has 0 aliphatic rings. The summed E-state index contributed by atoms with van der Waals surface area (Å²) >= 11 is 0. The van der Waals surface area contributed by atoms with Gasteiger partial charge in [0.05, 0.1) is 6.54 Å². The van der Waals surface area contributed by atoms with Crippen molar-refractivity contribution < 1.29 is 24.5 Å². The normalized spacial score (nSPS) is 13.4. The van der Waals surface area contributed by atoms with Crippen molar-refractivity contribution in [2.45, 2.75) is 19.1 Å². The van der Waals surface area contributed by atoms with E-state index in [1.165, 1.54) is 6.92 Å². The van der Waals surface area contributed by atoms with E-state index < -0.39 is 24.1 Å². The molecule has 3 N–H and O–H groups in total. The molecule has 0 saturated carbocycles. The first-order valence-electron chi connectivity index (χ1n) is 5.41. The fraction of sp³-hybridized carbons (Fsp3) is 0.333. The van der Waals surface area contributed by atoms with Gasteiger partial charge in [-0.2, -0.15) is 0 Å². The van der Waals surface area contributed by atoms with E-state index in [-0.39, 0.29) is 6.54 Å². The second kappa shape index (κ2) is 6.61. The summed E-state index contributed by atoms with van der Waals surface area (Å²) < 4.78 is 5.33. The molecule has 0 radical (unpaired) electrons. The van der Waals surface area contributed by atoms with Gasteiger partial charge in [-0.05, 0) is 19.1 Å². The zero-order valence-corrected chi connectivity index (χ0v) is 9.87. The van der Waals surface area contributed by atoms with Crippen molar-refractivity contribution in [1.29, 1.82) is 0 Å². The minimum atomic E-state index is -1.61. The Morgan fingerprint density at radius 3 is 2.50 bits per heavy atom. The highest BCUT2D eigenvalue weighted by Crippen LogP contribution is 2.10. The van der Waals surface area contributed by atoms with E-state index >= 15 is 0 Å². The number of aliphatic carboxylic acids is 1. The second-order valence-electron chi connectivity index (χ2n) is 3.67. The fourth-order valence-electron chi connectivity index (χ4n) is 1.19. The zero-order chi connectivity index (χ0) is 13.5. The highest BCUT2D eigenvalue weighted by Gasteiger charge is 2.18. The number of nitrogens with one attached hydrogen (secondary N) is 1. The summed E-state index contributed by atoms with van der Waals surface area (Å²) in [6.07, 6.45) is -2.38. The van der Waals surface area contributed by atoms with Gasteiger partial charge in [-0.25, -0.2) is 4.79 Å². The number of amides is 1. The van der Waals surface area contributed by atoms with Crippen LogP contribution < -0.4 is 10.1 Å². The Kier molecular flexibility index (Phi) is 5.13. The molecule has 0 fully saturated rings. The third kappa shape index (κ3) is 4.42. The number of ether oxygens (including phenoxy) is 1. The molecular weight excluding hydrogens is 238 g/mol. The van der Waals surface area contributed by atoms with Crippen LogP contribution in [0.3, 0.4) is 0 Å². The van der Waals surface area contributed by atoms with Crippen LogP contribution in [0.2, 0.25) is 0 Å². The monoisotopic (exact) mass is 253 g/mol. The molecule has 1 aromatic carbocycles. The summed E-state index contributed by atoms with van der Waals surface area (Å²) in [6, 6.07) is 8.77. The standard InChI is InChI=1S/C12H15NO5/c1-8(18-9-5-3-2-4-6-9)11(15)13-7-10(14)12(16)17/h2-6,8,10,14H,7H2,1H3,(H,13,15)(H,16,17)/t8?,10-/m0/s1. The molecule has 0 bridgehead atoms. The number of para-hydroxylation sites is 1. The van der Waals surface area contributed by atoms with Gasteiger partial charge in [0, 0.05) is 0 Å². The molecule has 0 spiro atoms. The number of carboxylic acids is 1. The van der Waals surface area contributed by atoms with Gasteiger partial charge in [-0.15, -0.1) is 0 Å². The molecule has 98 valence electrons. The Bertz CT molecular complexity index is 406.